The van der Waals surface area contributed by atoms with Gasteiger partial charge in [-0.1, -0.05) is 42.0 Å². The molecule has 6 nitrogen and oxygen atoms in total. The number of benzene rings is 1. The molecule has 1 aliphatic carbocycles. The number of piperidine rings is 1. The van der Waals surface area contributed by atoms with Crippen molar-refractivity contribution in [2.75, 3.05) is 13.2 Å². The number of amides is 2. The van der Waals surface area contributed by atoms with Crippen LogP contribution in [0.2, 0.25) is 0 Å². The Morgan fingerprint density at radius 1 is 1.30 bits per heavy atom. The third-order valence-corrected chi connectivity index (χ3v) is 6.03. The highest BCUT2D eigenvalue weighted by atomic mass is 35.5. The average molecular weight is 487 g/mol. The maximum Gasteiger partial charge on any atom is 0.573 e. The molecule has 1 aliphatic heterocycles. The molecule has 1 aromatic rings. The lowest BCUT2D eigenvalue weighted by atomic mass is 9.87. The lowest BCUT2D eigenvalue weighted by molar-refractivity contribution is -0.274. The van der Waals surface area contributed by atoms with Crippen LogP contribution in [0.25, 0.3) is 5.57 Å². The molecule has 0 spiro atoms. The number of likely N-dealkylation sites (tertiary alicyclic amines) is 1. The zero-order chi connectivity index (χ0) is 24.2. The molecule has 2 unspecified atom stereocenters. The van der Waals surface area contributed by atoms with Crippen molar-refractivity contribution in [1.82, 2.24) is 10.2 Å². The van der Waals surface area contributed by atoms with Crippen molar-refractivity contribution in [3.05, 3.63) is 47.0 Å². The van der Waals surface area contributed by atoms with Gasteiger partial charge in [0.2, 0.25) is 11.8 Å². The maximum absolute atomic E-state index is 13.1. The van der Waals surface area contributed by atoms with E-state index in [9.17, 15) is 22.8 Å². The van der Waals surface area contributed by atoms with Crippen LogP contribution in [0.5, 0.6) is 5.75 Å². The Bertz CT molecular complexity index is 963. The predicted molar refractivity (Wildman–Crippen MR) is 117 cm³/mol. The molecule has 1 saturated heterocycles. The van der Waals surface area contributed by atoms with Crippen LogP contribution in [0.15, 0.2) is 41.4 Å². The fourth-order valence-electron chi connectivity index (χ4n) is 4.17. The van der Waals surface area contributed by atoms with Crippen LogP contribution in [-0.2, 0) is 9.59 Å². The molecule has 0 saturated carbocycles. The van der Waals surface area contributed by atoms with E-state index in [-0.39, 0.29) is 47.6 Å². The van der Waals surface area contributed by atoms with Crippen LogP contribution in [-0.4, -0.2) is 52.9 Å². The molecule has 2 N–H and O–H groups in total. The number of allylic oxidation sites excluding steroid dienone is 2. The van der Waals surface area contributed by atoms with Crippen LogP contribution in [0.3, 0.4) is 0 Å². The second-order valence-corrected chi connectivity index (χ2v) is 8.81. The summed E-state index contributed by atoms with van der Waals surface area (Å²) in [6.45, 7) is 1.92. The molecule has 2 atom stereocenters. The van der Waals surface area contributed by atoms with Crippen LogP contribution in [0, 0.1) is 0 Å². The molecule has 10 heteroatoms. The quantitative estimate of drug-likeness (QED) is 0.633. The van der Waals surface area contributed by atoms with Crippen molar-refractivity contribution in [3.63, 3.8) is 0 Å². The Balaban J connectivity index is 1.76. The van der Waals surface area contributed by atoms with Gasteiger partial charge in [0.1, 0.15) is 11.8 Å². The molecule has 3 rings (SSSR count). The molecule has 1 aromatic carbocycles. The number of para-hydroxylation sites is 1. The summed E-state index contributed by atoms with van der Waals surface area (Å²) in [4.78, 5) is 26.9. The molecular weight excluding hydrogens is 461 g/mol. The maximum atomic E-state index is 13.1. The molecule has 2 aliphatic rings. The van der Waals surface area contributed by atoms with Gasteiger partial charge in [-0.05, 0) is 37.8 Å². The van der Waals surface area contributed by atoms with Gasteiger partial charge in [0, 0.05) is 30.0 Å². The van der Waals surface area contributed by atoms with E-state index in [4.69, 9.17) is 16.7 Å². The summed E-state index contributed by atoms with van der Waals surface area (Å²) in [7, 11) is 0. The van der Waals surface area contributed by atoms with Gasteiger partial charge in [0.25, 0.3) is 0 Å². The van der Waals surface area contributed by atoms with Crippen molar-refractivity contribution in [3.8, 4) is 5.75 Å². The molecule has 180 valence electrons. The van der Waals surface area contributed by atoms with E-state index in [0.29, 0.717) is 18.5 Å². The van der Waals surface area contributed by atoms with Crippen molar-refractivity contribution in [2.24, 2.45) is 0 Å². The number of aliphatic hydroxyl groups is 1. The topological polar surface area (TPSA) is 78.9 Å². The number of hydrogen-bond donors (Lipinski definition) is 2. The van der Waals surface area contributed by atoms with E-state index in [2.05, 4.69) is 10.1 Å². The van der Waals surface area contributed by atoms with Gasteiger partial charge < -0.3 is 20.1 Å². The first-order chi connectivity index (χ1) is 15.5. The number of hydrogen-bond acceptors (Lipinski definition) is 4. The molecule has 0 bridgehead atoms. The van der Waals surface area contributed by atoms with Gasteiger partial charge in [-0.3, -0.25) is 9.59 Å². The largest absolute Gasteiger partial charge is 0.573 e. The number of ether oxygens (including phenoxy) is 1. The number of carbonyl (C=O) groups is 2. The minimum atomic E-state index is -4.84. The molecule has 0 radical (unpaired) electrons. The van der Waals surface area contributed by atoms with Crippen LogP contribution in [0.4, 0.5) is 13.2 Å². The SMILES string of the molecule is CC1(NC(=O)C2CCCCN2C(=O)CCO)C=CC(c2ccccc2OC(F)(F)F)=C(Cl)C1. The van der Waals surface area contributed by atoms with Crippen molar-refractivity contribution >= 4 is 29.0 Å². The Hall–Kier alpha value is -2.52. The first-order valence-corrected chi connectivity index (χ1v) is 11.1. The van der Waals surface area contributed by atoms with Gasteiger partial charge in [-0.2, -0.15) is 0 Å². The standard InChI is InChI=1S/C23H26ClF3N2O4/c1-22(28-21(32)18-7-4-5-12-29(18)20(31)10-13-30)11-9-15(17(24)14-22)16-6-2-3-8-19(16)33-23(25,26)27/h2-3,6,8-9,11,18,30H,4-5,7,10,12-14H2,1H3,(H,28,32). The fourth-order valence-corrected chi connectivity index (χ4v) is 4.61. The third kappa shape index (κ3) is 6.29. The van der Waals surface area contributed by atoms with Crippen LogP contribution >= 0.6 is 11.6 Å². The first-order valence-electron chi connectivity index (χ1n) is 10.7. The first kappa shape index (κ1) is 25.1. The van der Waals surface area contributed by atoms with Crippen LogP contribution < -0.4 is 10.1 Å². The number of nitrogens with one attached hydrogen (secondary N) is 1. The molecular formula is C23H26ClF3N2O4. The molecule has 1 fully saturated rings. The average Bonchev–Trinajstić information content (AvgIpc) is 2.73. The van der Waals surface area contributed by atoms with Gasteiger partial charge in [0.15, 0.2) is 0 Å². The van der Waals surface area contributed by atoms with E-state index in [1.165, 1.54) is 23.1 Å². The van der Waals surface area contributed by atoms with Crippen LogP contribution in [0.1, 0.15) is 44.6 Å². The minimum Gasteiger partial charge on any atom is -0.405 e. The second kappa shape index (κ2) is 10.2. The van der Waals surface area contributed by atoms with Crippen molar-refractivity contribution in [2.45, 2.75) is 57.0 Å². The van der Waals surface area contributed by atoms with E-state index >= 15 is 0 Å². The summed E-state index contributed by atoms with van der Waals surface area (Å²) in [5, 5.41) is 12.3. The summed E-state index contributed by atoms with van der Waals surface area (Å²) < 4.78 is 42.5. The summed E-state index contributed by atoms with van der Waals surface area (Å²) in [5.74, 6) is -0.972. The summed E-state index contributed by atoms with van der Waals surface area (Å²) in [6.07, 6.45) is 0.619. The Morgan fingerprint density at radius 3 is 2.70 bits per heavy atom. The van der Waals surface area contributed by atoms with E-state index in [1.807, 2.05) is 0 Å². The van der Waals surface area contributed by atoms with Gasteiger partial charge >= 0.3 is 6.36 Å². The van der Waals surface area contributed by atoms with Gasteiger partial charge in [0.05, 0.1) is 12.1 Å². The molecule has 0 aromatic heterocycles. The lowest BCUT2D eigenvalue weighted by Gasteiger charge is -2.38. The Labute approximate surface area is 195 Å². The van der Waals surface area contributed by atoms with Crippen molar-refractivity contribution in [1.29, 1.82) is 0 Å². The third-order valence-electron chi connectivity index (χ3n) is 5.70. The van der Waals surface area contributed by atoms with E-state index in [0.717, 1.165) is 12.8 Å². The van der Waals surface area contributed by atoms with E-state index < -0.39 is 17.9 Å². The Kier molecular flexibility index (Phi) is 7.74. The summed E-state index contributed by atoms with van der Waals surface area (Å²) in [6, 6.07) is 5.07. The zero-order valence-electron chi connectivity index (χ0n) is 18.1. The highest BCUT2D eigenvalue weighted by Gasteiger charge is 2.37. The highest BCUT2D eigenvalue weighted by Crippen LogP contribution is 2.39. The smallest absolute Gasteiger partial charge is 0.405 e. The number of nitrogens with zero attached hydrogens (tertiary/aromatic N) is 1. The van der Waals surface area contributed by atoms with Gasteiger partial charge in [-0.25, -0.2) is 0 Å². The zero-order valence-corrected chi connectivity index (χ0v) is 18.9. The fraction of sp³-hybridized carbons (Fsp3) is 0.478. The normalized spacial score (nSPS) is 23.5. The molecule has 2 amide bonds. The minimum absolute atomic E-state index is 0.0434. The van der Waals surface area contributed by atoms with Gasteiger partial charge in [-0.15, -0.1) is 13.2 Å². The number of rotatable bonds is 6. The lowest BCUT2D eigenvalue weighted by Crippen LogP contribution is -2.56. The number of halogens is 4. The Morgan fingerprint density at radius 2 is 2.03 bits per heavy atom. The molecule has 33 heavy (non-hydrogen) atoms. The summed E-state index contributed by atoms with van der Waals surface area (Å²) in [5.41, 5.74) is -0.321. The highest BCUT2D eigenvalue weighted by molar-refractivity contribution is 6.33. The van der Waals surface area contributed by atoms with Crippen molar-refractivity contribution < 1.29 is 32.6 Å². The number of aliphatic hydroxyl groups excluding tert-OH is 1. The molecule has 1 heterocycles. The number of carbonyl (C=O) groups excluding carboxylic acids is 2. The van der Waals surface area contributed by atoms with E-state index in [1.54, 1.807) is 25.1 Å². The predicted octanol–water partition coefficient (Wildman–Crippen LogP) is 4.13. The summed E-state index contributed by atoms with van der Waals surface area (Å²) >= 11 is 6.48. The monoisotopic (exact) mass is 486 g/mol. The second-order valence-electron chi connectivity index (χ2n) is 8.35. The number of alkyl halides is 3.